The Morgan fingerprint density at radius 3 is 2.27 bits per heavy atom. The van der Waals surface area contributed by atoms with Crippen molar-refractivity contribution >= 4 is 5.97 Å². The summed E-state index contributed by atoms with van der Waals surface area (Å²) in [7, 11) is 0. The van der Waals surface area contributed by atoms with Crippen LogP contribution >= 0.6 is 0 Å². The fourth-order valence-corrected chi connectivity index (χ4v) is 0.483. The fraction of sp³-hybridized carbons (Fsp3) is 0.800. The first kappa shape index (κ1) is 10.3. The second-order valence-corrected chi connectivity index (χ2v) is 2.19. The van der Waals surface area contributed by atoms with Crippen molar-refractivity contribution in [3.63, 3.8) is 0 Å². The highest BCUT2D eigenvalue weighted by atomic mass is 18.2. The number of nitrogens with two attached hydrogens (primary N) is 2. The zero-order valence-corrected chi connectivity index (χ0v) is 5.77. The first-order valence-corrected chi connectivity index (χ1v) is 3.01. The standard InChI is InChI=1S/C5H11FN2O3/c6-2(4(8)9)1-3(7)5(10)11/h2-4,9H,1,7-8H2,(H,10,11)/t2-,3+,4?/m1/s1/i6-1. The Bertz CT molecular complexity index is 142. The van der Waals surface area contributed by atoms with E-state index in [2.05, 4.69) is 0 Å². The topological polar surface area (TPSA) is 110 Å². The number of aliphatic hydroxyl groups excluding tert-OH is 1. The van der Waals surface area contributed by atoms with Gasteiger partial charge >= 0.3 is 5.97 Å². The number of carbonyl (C=O) groups is 1. The summed E-state index contributed by atoms with van der Waals surface area (Å²) < 4.78 is 12.4. The number of hydrogen-bond donors (Lipinski definition) is 4. The number of aliphatic hydroxyl groups is 1. The lowest BCUT2D eigenvalue weighted by Crippen LogP contribution is -2.39. The van der Waals surface area contributed by atoms with Crippen molar-refractivity contribution in [2.45, 2.75) is 24.9 Å². The fourth-order valence-electron chi connectivity index (χ4n) is 0.483. The molecule has 6 N–H and O–H groups in total. The van der Waals surface area contributed by atoms with Gasteiger partial charge in [0.1, 0.15) is 18.4 Å². The SMILES string of the molecule is NC(O)[C@H]([18F])C[C@H](N)C(=O)O. The number of rotatable bonds is 4. The predicted octanol–water partition coefficient (Wildman–Crippen LogP) is -1.60. The average Bonchev–Trinajstić information content (AvgIpc) is 1.87. The van der Waals surface area contributed by atoms with E-state index in [1.54, 1.807) is 0 Å². The van der Waals surface area contributed by atoms with Crippen molar-refractivity contribution in [1.29, 1.82) is 0 Å². The molecule has 0 fully saturated rings. The summed E-state index contributed by atoms with van der Waals surface area (Å²) in [5.41, 5.74) is 9.67. The van der Waals surface area contributed by atoms with Gasteiger partial charge in [-0.15, -0.1) is 0 Å². The molecule has 0 amide bonds. The van der Waals surface area contributed by atoms with Crippen LogP contribution in [-0.2, 0) is 4.79 Å². The smallest absolute Gasteiger partial charge is 0.320 e. The number of hydrogen-bond acceptors (Lipinski definition) is 4. The van der Waals surface area contributed by atoms with E-state index in [0.29, 0.717) is 0 Å². The lowest BCUT2D eigenvalue weighted by Gasteiger charge is -2.12. The van der Waals surface area contributed by atoms with Gasteiger partial charge < -0.3 is 21.7 Å². The molecule has 0 aliphatic carbocycles. The van der Waals surface area contributed by atoms with E-state index < -0.39 is 30.8 Å². The Morgan fingerprint density at radius 2 is 2.00 bits per heavy atom. The van der Waals surface area contributed by atoms with Gasteiger partial charge in [-0.3, -0.25) is 4.79 Å². The van der Waals surface area contributed by atoms with Gasteiger partial charge in [-0.2, -0.15) is 0 Å². The molecular formula is C5H11FN2O3. The molecule has 0 bridgehead atoms. The van der Waals surface area contributed by atoms with E-state index in [9.17, 15) is 9.18 Å². The molecule has 0 aromatic rings. The third kappa shape index (κ3) is 3.87. The Hall–Kier alpha value is -0.720. The monoisotopic (exact) mass is 165 g/mol. The minimum absolute atomic E-state index is 0.479. The number of halogens is 1. The number of aliphatic carboxylic acids is 1. The van der Waals surface area contributed by atoms with E-state index in [-0.39, 0.29) is 0 Å². The molecule has 0 aliphatic heterocycles. The largest absolute Gasteiger partial charge is 0.480 e. The summed E-state index contributed by atoms with van der Waals surface area (Å²) in [6, 6.07) is -1.32. The van der Waals surface area contributed by atoms with Gasteiger partial charge in [0.15, 0.2) is 0 Å². The van der Waals surface area contributed by atoms with Gasteiger partial charge in [-0.05, 0) is 0 Å². The Labute approximate surface area is 62.8 Å². The van der Waals surface area contributed by atoms with Crippen LogP contribution in [0.4, 0.5) is 4.39 Å². The van der Waals surface area contributed by atoms with Gasteiger partial charge in [-0.1, -0.05) is 0 Å². The molecule has 0 aromatic carbocycles. The summed E-state index contributed by atoms with van der Waals surface area (Å²) in [6.45, 7) is 0. The van der Waals surface area contributed by atoms with Crippen LogP contribution in [0, 0.1) is 0 Å². The third-order valence-corrected chi connectivity index (χ3v) is 1.17. The lowest BCUT2D eigenvalue weighted by molar-refractivity contribution is -0.139. The minimum Gasteiger partial charge on any atom is -0.480 e. The van der Waals surface area contributed by atoms with Crippen molar-refractivity contribution in [2.24, 2.45) is 11.5 Å². The molecule has 0 saturated carbocycles. The van der Waals surface area contributed by atoms with Gasteiger partial charge in [0.05, 0.1) is 0 Å². The molecule has 0 radical (unpaired) electrons. The van der Waals surface area contributed by atoms with Crippen molar-refractivity contribution < 1.29 is 19.4 Å². The van der Waals surface area contributed by atoms with Crippen molar-refractivity contribution in [1.82, 2.24) is 0 Å². The van der Waals surface area contributed by atoms with E-state index in [4.69, 9.17) is 21.7 Å². The predicted molar refractivity (Wildman–Crippen MR) is 35.3 cm³/mol. The molecule has 3 atom stereocenters. The maximum atomic E-state index is 12.4. The Kier molecular flexibility index (Phi) is 3.94. The van der Waals surface area contributed by atoms with E-state index in [1.807, 2.05) is 0 Å². The molecular weight excluding hydrogens is 154 g/mol. The van der Waals surface area contributed by atoms with Crippen molar-refractivity contribution in [2.75, 3.05) is 0 Å². The van der Waals surface area contributed by atoms with Crippen LogP contribution < -0.4 is 11.5 Å². The van der Waals surface area contributed by atoms with Crippen LogP contribution in [-0.4, -0.2) is 34.6 Å². The zero-order chi connectivity index (χ0) is 9.02. The molecule has 0 rings (SSSR count). The number of carboxylic acids is 1. The Morgan fingerprint density at radius 1 is 1.55 bits per heavy atom. The normalized spacial score (nSPS) is 18.9. The first-order chi connectivity index (χ1) is 4.95. The molecule has 0 heterocycles. The minimum atomic E-state index is -1.79. The summed E-state index contributed by atoms with van der Waals surface area (Å²) in [5.74, 6) is -1.31. The molecule has 6 heteroatoms. The highest BCUT2D eigenvalue weighted by Gasteiger charge is 2.21. The third-order valence-electron chi connectivity index (χ3n) is 1.17. The quantitative estimate of drug-likeness (QED) is 0.375. The highest BCUT2D eigenvalue weighted by molar-refractivity contribution is 5.73. The molecule has 0 spiro atoms. The summed E-state index contributed by atoms with van der Waals surface area (Å²) in [5, 5.41) is 16.6. The maximum absolute atomic E-state index is 12.4. The molecule has 0 saturated heterocycles. The molecule has 1 unspecified atom stereocenters. The molecule has 66 valence electrons. The maximum Gasteiger partial charge on any atom is 0.320 e. The van der Waals surface area contributed by atoms with Crippen molar-refractivity contribution in [3.8, 4) is 0 Å². The van der Waals surface area contributed by atoms with Gasteiger partial charge in [0, 0.05) is 6.42 Å². The molecule has 5 nitrogen and oxygen atoms in total. The summed E-state index contributed by atoms with van der Waals surface area (Å²) in [4.78, 5) is 10.0. The van der Waals surface area contributed by atoms with Gasteiger partial charge in [0.2, 0.25) is 0 Å². The molecule has 0 aromatic heterocycles. The van der Waals surface area contributed by atoms with Crippen LogP contribution in [0.25, 0.3) is 0 Å². The zero-order valence-electron chi connectivity index (χ0n) is 5.77. The van der Waals surface area contributed by atoms with Gasteiger partial charge in [-0.25, -0.2) is 4.39 Å². The van der Waals surface area contributed by atoms with E-state index >= 15 is 0 Å². The second-order valence-electron chi connectivity index (χ2n) is 2.19. The van der Waals surface area contributed by atoms with E-state index in [1.165, 1.54) is 0 Å². The second kappa shape index (κ2) is 4.22. The summed E-state index contributed by atoms with van der Waals surface area (Å²) in [6.07, 6.45) is -3.94. The van der Waals surface area contributed by atoms with E-state index in [0.717, 1.165) is 0 Å². The van der Waals surface area contributed by atoms with Crippen LogP contribution in [0.3, 0.4) is 0 Å². The van der Waals surface area contributed by atoms with Crippen LogP contribution in [0.1, 0.15) is 6.42 Å². The number of carboxylic acid groups (broad SMARTS) is 1. The first-order valence-electron chi connectivity index (χ1n) is 3.01. The van der Waals surface area contributed by atoms with Crippen LogP contribution in [0.15, 0.2) is 0 Å². The van der Waals surface area contributed by atoms with Crippen LogP contribution in [0.5, 0.6) is 0 Å². The number of alkyl halides is 1. The Balaban J connectivity index is 3.75. The van der Waals surface area contributed by atoms with Gasteiger partial charge in [0.25, 0.3) is 0 Å². The molecule has 0 aliphatic rings. The molecule has 11 heavy (non-hydrogen) atoms. The van der Waals surface area contributed by atoms with Crippen molar-refractivity contribution in [3.05, 3.63) is 0 Å². The van der Waals surface area contributed by atoms with Crippen LogP contribution in [0.2, 0.25) is 0 Å². The average molecular weight is 165 g/mol. The highest BCUT2D eigenvalue weighted by Crippen LogP contribution is 2.02. The summed E-state index contributed by atoms with van der Waals surface area (Å²) >= 11 is 0. The lowest BCUT2D eigenvalue weighted by atomic mass is 10.1.